The van der Waals surface area contributed by atoms with Gasteiger partial charge in [0, 0.05) is 10.9 Å². The first-order valence-electron chi connectivity index (χ1n) is 8.40. The molecule has 136 valence electrons. The van der Waals surface area contributed by atoms with Crippen molar-refractivity contribution >= 4 is 29.7 Å². The largest absolute Gasteiger partial charge is 0.452 e. The number of urea groups is 1. The van der Waals surface area contributed by atoms with Gasteiger partial charge in [-0.1, -0.05) is 6.07 Å². The quantitative estimate of drug-likeness (QED) is 0.598. The van der Waals surface area contributed by atoms with E-state index in [1.165, 1.54) is 36.2 Å². The zero-order chi connectivity index (χ0) is 18.4. The number of amides is 3. The van der Waals surface area contributed by atoms with Crippen molar-refractivity contribution in [2.24, 2.45) is 0 Å². The number of carbonyl (C=O) groups excluding carboxylic acids is 3. The number of aryl methyl sites for hydroxylation is 2. The molecule has 0 aliphatic heterocycles. The minimum absolute atomic E-state index is 0.0885. The molecule has 1 aliphatic carbocycles. The summed E-state index contributed by atoms with van der Waals surface area (Å²) in [6.45, 7) is 5.00. The molecule has 2 N–H and O–H groups in total. The highest BCUT2D eigenvalue weighted by Crippen LogP contribution is 2.27. The first kappa shape index (κ1) is 19.3. The Balaban J connectivity index is 1.75. The first-order valence-corrected chi connectivity index (χ1v) is 9.39. The van der Waals surface area contributed by atoms with Gasteiger partial charge in [0.25, 0.3) is 5.91 Å². The van der Waals surface area contributed by atoms with E-state index in [9.17, 15) is 14.4 Å². The van der Waals surface area contributed by atoms with Gasteiger partial charge < -0.3 is 10.1 Å². The number of hydrogen-bond acceptors (Lipinski definition) is 5. The zero-order valence-corrected chi connectivity index (χ0v) is 15.6. The van der Waals surface area contributed by atoms with E-state index in [-0.39, 0.29) is 11.8 Å². The maximum atomic E-state index is 11.9. The third-order valence-corrected chi connectivity index (χ3v) is 4.73. The SMILES string of the molecule is CC(C)NC(=O)NC(=O)[C@H](C)OC(=O)CSc1ccc2c(c1)CCC2. The monoisotopic (exact) mass is 364 g/mol. The molecule has 0 aromatic heterocycles. The van der Waals surface area contributed by atoms with E-state index in [2.05, 4.69) is 22.8 Å². The minimum atomic E-state index is -1.02. The number of ether oxygens (including phenoxy) is 1. The first-order chi connectivity index (χ1) is 11.8. The highest BCUT2D eigenvalue weighted by atomic mass is 32.2. The van der Waals surface area contributed by atoms with Gasteiger partial charge in [-0.25, -0.2) is 4.79 Å². The van der Waals surface area contributed by atoms with Crippen LogP contribution in [0.1, 0.15) is 38.3 Å². The third-order valence-electron chi connectivity index (χ3n) is 3.76. The van der Waals surface area contributed by atoms with Crippen LogP contribution in [0, 0.1) is 0 Å². The molecule has 1 aromatic rings. The number of fused-ring (bicyclic) bond motifs is 1. The molecule has 1 aliphatic rings. The van der Waals surface area contributed by atoms with E-state index in [1.807, 2.05) is 6.07 Å². The Kier molecular flexibility index (Phi) is 6.87. The van der Waals surface area contributed by atoms with Gasteiger partial charge in [0.1, 0.15) is 0 Å². The van der Waals surface area contributed by atoms with Crippen LogP contribution in [0.2, 0.25) is 0 Å². The molecule has 2 rings (SSSR count). The lowest BCUT2D eigenvalue weighted by atomic mass is 10.1. The molecule has 7 heteroatoms. The number of rotatable bonds is 6. The summed E-state index contributed by atoms with van der Waals surface area (Å²) < 4.78 is 5.08. The van der Waals surface area contributed by atoms with Crippen LogP contribution in [0.25, 0.3) is 0 Å². The molecule has 0 fully saturated rings. The molecule has 1 aromatic carbocycles. The van der Waals surface area contributed by atoms with Crippen LogP contribution < -0.4 is 10.6 Å². The molecule has 0 unspecified atom stereocenters. The second kappa shape index (κ2) is 8.89. The summed E-state index contributed by atoms with van der Waals surface area (Å²) >= 11 is 1.39. The molecule has 0 saturated carbocycles. The summed E-state index contributed by atoms with van der Waals surface area (Å²) in [6, 6.07) is 5.55. The van der Waals surface area contributed by atoms with Crippen molar-refractivity contribution in [1.82, 2.24) is 10.6 Å². The van der Waals surface area contributed by atoms with Gasteiger partial charge in [-0.05, 0) is 63.3 Å². The Hall–Kier alpha value is -2.02. The summed E-state index contributed by atoms with van der Waals surface area (Å²) in [5.41, 5.74) is 2.74. The average Bonchev–Trinajstić information content (AvgIpc) is 2.99. The molecule has 0 saturated heterocycles. The second-order valence-electron chi connectivity index (χ2n) is 6.32. The molecule has 1 atom stereocenters. The summed E-state index contributed by atoms with van der Waals surface area (Å²) in [7, 11) is 0. The smallest absolute Gasteiger partial charge is 0.321 e. The maximum absolute atomic E-state index is 11.9. The Morgan fingerprint density at radius 2 is 1.88 bits per heavy atom. The van der Waals surface area contributed by atoms with Crippen LogP contribution in [0.15, 0.2) is 23.1 Å². The molecular formula is C18H24N2O4S. The highest BCUT2D eigenvalue weighted by molar-refractivity contribution is 8.00. The number of carbonyl (C=O) groups is 3. The topological polar surface area (TPSA) is 84.5 Å². The Labute approximate surface area is 152 Å². The van der Waals surface area contributed by atoms with Gasteiger partial charge in [0.2, 0.25) is 0 Å². The van der Waals surface area contributed by atoms with Crippen molar-refractivity contribution in [3.63, 3.8) is 0 Å². The molecule has 0 radical (unpaired) electrons. The van der Waals surface area contributed by atoms with Gasteiger partial charge in [0.15, 0.2) is 6.10 Å². The van der Waals surface area contributed by atoms with Crippen LogP contribution in [0.4, 0.5) is 4.79 Å². The molecule has 0 spiro atoms. The lowest BCUT2D eigenvalue weighted by Gasteiger charge is -2.14. The van der Waals surface area contributed by atoms with Crippen molar-refractivity contribution in [3.05, 3.63) is 29.3 Å². The van der Waals surface area contributed by atoms with Gasteiger partial charge in [0.05, 0.1) is 5.75 Å². The van der Waals surface area contributed by atoms with Crippen molar-refractivity contribution in [2.75, 3.05) is 5.75 Å². The highest BCUT2D eigenvalue weighted by Gasteiger charge is 2.20. The maximum Gasteiger partial charge on any atom is 0.321 e. The number of nitrogens with one attached hydrogen (secondary N) is 2. The molecular weight excluding hydrogens is 340 g/mol. The van der Waals surface area contributed by atoms with Gasteiger partial charge >= 0.3 is 12.0 Å². The van der Waals surface area contributed by atoms with Crippen LogP contribution in [0.5, 0.6) is 0 Å². The molecule has 0 bridgehead atoms. The van der Waals surface area contributed by atoms with E-state index in [0.717, 1.165) is 17.7 Å². The lowest BCUT2D eigenvalue weighted by Crippen LogP contribution is -2.46. The van der Waals surface area contributed by atoms with E-state index in [4.69, 9.17) is 4.74 Å². The summed E-state index contributed by atoms with van der Waals surface area (Å²) in [5, 5.41) is 4.68. The minimum Gasteiger partial charge on any atom is -0.452 e. The molecule has 3 amide bonds. The van der Waals surface area contributed by atoms with Crippen LogP contribution in [-0.2, 0) is 27.2 Å². The number of imide groups is 1. The summed E-state index contributed by atoms with van der Waals surface area (Å²) in [6.07, 6.45) is 2.37. The van der Waals surface area contributed by atoms with Crippen LogP contribution in [0.3, 0.4) is 0 Å². The predicted octanol–water partition coefficient (Wildman–Crippen LogP) is 2.43. The fourth-order valence-corrected chi connectivity index (χ4v) is 3.32. The number of thioether (sulfide) groups is 1. The number of benzene rings is 1. The molecule has 0 heterocycles. The fourth-order valence-electron chi connectivity index (χ4n) is 2.58. The molecule has 25 heavy (non-hydrogen) atoms. The van der Waals surface area contributed by atoms with Gasteiger partial charge in [-0.3, -0.25) is 14.9 Å². The number of hydrogen-bond donors (Lipinski definition) is 2. The van der Waals surface area contributed by atoms with Crippen LogP contribution in [-0.4, -0.2) is 35.8 Å². The van der Waals surface area contributed by atoms with Gasteiger partial charge in [-0.15, -0.1) is 11.8 Å². The van der Waals surface area contributed by atoms with E-state index < -0.39 is 24.0 Å². The van der Waals surface area contributed by atoms with E-state index in [0.29, 0.717) is 0 Å². The Bertz CT molecular complexity index is 660. The Morgan fingerprint density at radius 1 is 1.16 bits per heavy atom. The van der Waals surface area contributed by atoms with Crippen molar-refractivity contribution in [1.29, 1.82) is 0 Å². The molecule has 6 nitrogen and oxygen atoms in total. The van der Waals surface area contributed by atoms with E-state index >= 15 is 0 Å². The predicted molar refractivity (Wildman–Crippen MR) is 96.6 cm³/mol. The third kappa shape index (κ3) is 6.08. The fraction of sp³-hybridized carbons (Fsp3) is 0.500. The summed E-state index contributed by atoms with van der Waals surface area (Å²) in [5.74, 6) is -1.01. The Morgan fingerprint density at radius 3 is 2.60 bits per heavy atom. The van der Waals surface area contributed by atoms with Crippen molar-refractivity contribution < 1.29 is 19.1 Å². The second-order valence-corrected chi connectivity index (χ2v) is 7.37. The van der Waals surface area contributed by atoms with Crippen molar-refractivity contribution in [2.45, 2.75) is 57.1 Å². The zero-order valence-electron chi connectivity index (χ0n) is 14.8. The average molecular weight is 364 g/mol. The number of esters is 1. The standard InChI is InChI=1S/C18H24N2O4S/c1-11(2)19-18(23)20-17(22)12(3)24-16(21)10-25-15-8-7-13-5-4-6-14(13)9-15/h7-9,11-12H,4-6,10H2,1-3H3,(H2,19,20,22,23)/t12-/m0/s1. The lowest BCUT2D eigenvalue weighted by molar-refractivity contribution is -0.151. The summed E-state index contributed by atoms with van der Waals surface area (Å²) in [4.78, 5) is 36.2. The van der Waals surface area contributed by atoms with Gasteiger partial charge in [-0.2, -0.15) is 0 Å². The van der Waals surface area contributed by atoms with Crippen LogP contribution >= 0.6 is 11.8 Å². The normalized spacial score (nSPS) is 13.9. The van der Waals surface area contributed by atoms with Crippen molar-refractivity contribution in [3.8, 4) is 0 Å². The van der Waals surface area contributed by atoms with E-state index in [1.54, 1.807) is 13.8 Å².